The summed E-state index contributed by atoms with van der Waals surface area (Å²) in [6.45, 7) is 2.79. The van der Waals surface area contributed by atoms with Crippen molar-refractivity contribution in [1.82, 2.24) is 5.32 Å². The summed E-state index contributed by atoms with van der Waals surface area (Å²) in [5.74, 6) is 1.73. The number of nitrogens with one attached hydrogen (secondary N) is 1. The molecule has 1 aromatic rings. The molecule has 92 valence electrons. The van der Waals surface area contributed by atoms with Gasteiger partial charge in [-0.1, -0.05) is 30.3 Å². The zero-order chi connectivity index (χ0) is 12.1. The van der Waals surface area contributed by atoms with Crippen LogP contribution in [0.5, 0.6) is 0 Å². The highest BCUT2D eigenvalue weighted by molar-refractivity contribution is 7.99. The fourth-order valence-corrected chi connectivity index (χ4v) is 2.68. The molecule has 2 rings (SSSR count). The Morgan fingerprint density at radius 1 is 1.47 bits per heavy atom. The monoisotopic (exact) mass is 251 g/mol. The molecule has 0 aliphatic carbocycles. The standard InChI is InChI=1S/C13H17NO2S/c1-10(11-5-3-2-4-6-11)16-13(15)12-9-17-8-7-14-12/h2-6,10,12,14H,7-9H2,1H3. The second-order valence-electron chi connectivity index (χ2n) is 4.07. The second kappa shape index (κ2) is 6.07. The van der Waals surface area contributed by atoms with Crippen LogP contribution in [0.1, 0.15) is 18.6 Å². The Labute approximate surface area is 106 Å². The van der Waals surface area contributed by atoms with E-state index in [0.29, 0.717) is 0 Å². The Hall–Kier alpha value is -1.00. The summed E-state index contributed by atoms with van der Waals surface area (Å²) in [6.07, 6.45) is -0.183. The van der Waals surface area contributed by atoms with Crippen molar-refractivity contribution < 1.29 is 9.53 Å². The van der Waals surface area contributed by atoms with Gasteiger partial charge in [-0.25, -0.2) is 0 Å². The Morgan fingerprint density at radius 3 is 2.88 bits per heavy atom. The highest BCUT2D eigenvalue weighted by Crippen LogP contribution is 2.18. The van der Waals surface area contributed by atoms with Gasteiger partial charge in [0.15, 0.2) is 0 Å². The van der Waals surface area contributed by atoms with Crippen LogP contribution in [0.15, 0.2) is 30.3 Å². The van der Waals surface area contributed by atoms with Gasteiger partial charge >= 0.3 is 5.97 Å². The third kappa shape index (κ3) is 3.48. The molecule has 0 aromatic heterocycles. The molecular weight excluding hydrogens is 234 g/mol. The maximum Gasteiger partial charge on any atom is 0.324 e. The third-order valence-electron chi connectivity index (χ3n) is 2.77. The van der Waals surface area contributed by atoms with E-state index in [0.717, 1.165) is 23.6 Å². The largest absolute Gasteiger partial charge is 0.457 e. The first kappa shape index (κ1) is 12.5. The van der Waals surface area contributed by atoms with Gasteiger partial charge in [-0.2, -0.15) is 11.8 Å². The zero-order valence-corrected chi connectivity index (χ0v) is 10.7. The SMILES string of the molecule is CC(OC(=O)C1CSCCN1)c1ccccc1. The summed E-state index contributed by atoms with van der Waals surface area (Å²) >= 11 is 1.79. The molecule has 2 unspecified atom stereocenters. The molecule has 1 aliphatic heterocycles. The predicted octanol–water partition coefficient (Wildman–Crippen LogP) is 2.00. The van der Waals surface area contributed by atoms with E-state index >= 15 is 0 Å². The lowest BCUT2D eigenvalue weighted by Crippen LogP contribution is -2.44. The minimum atomic E-state index is -0.183. The van der Waals surface area contributed by atoms with Crippen LogP contribution in [0.2, 0.25) is 0 Å². The maximum atomic E-state index is 11.9. The van der Waals surface area contributed by atoms with E-state index < -0.39 is 0 Å². The third-order valence-corrected chi connectivity index (χ3v) is 3.83. The molecule has 2 atom stereocenters. The van der Waals surface area contributed by atoms with Gasteiger partial charge in [0, 0.05) is 18.1 Å². The lowest BCUT2D eigenvalue weighted by Gasteiger charge is -2.23. The quantitative estimate of drug-likeness (QED) is 0.834. The number of rotatable bonds is 3. The minimum Gasteiger partial charge on any atom is -0.457 e. The predicted molar refractivity (Wildman–Crippen MR) is 70.1 cm³/mol. The van der Waals surface area contributed by atoms with Crippen molar-refractivity contribution in [3.63, 3.8) is 0 Å². The van der Waals surface area contributed by atoms with Crippen LogP contribution in [0, 0.1) is 0 Å². The van der Waals surface area contributed by atoms with Crippen molar-refractivity contribution >= 4 is 17.7 Å². The molecule has 1 aromatic carbocycles. The van der Waals surface area contributed by atoms with E-state index in [2.05, 4.69) is 5.32 Å². The normalized spacial score (nSPS) is 21.8. The first-order valence-electron chi connectivity index (χ1n) is 5.84. The molecule has 17 heavy (non-hydrogen) atoms. The van der Waals surface area contributed by atoms with Gasteiger partial charge in [0.2, 0.25) is 0 Å². The number of ether oxygens (including phenoxy) is 1. The summed E-state index contributed by atoms with van der Waals surface area (Å²) in [4.78, 5) is 11.9. The van der Waals surface area contributed by atoms with Gasteiger partial charge in [0.25, 0.3) is 0 Å². The average Bonchev–Trinajstić information content (AvgIpc) is 2.40. The molecule has 0 amide bonds. The number of esters is 1. The van der Waals surface area contributed by atoms with Crippen LogP contribution in [-0.4, -0.2) is 30.1 Å². The molecule has 0 saturated carbocycles. The number of carbonyl (C=O) groups excluding carboxylic acids is 1. The Balaban J connectivity index is 1.89. The average molecular weight is 251 g/mol. The molecule has 1 aliphatic rings. The molecule has 0 bridgehead atoms. The van der Waals surface area contributed by atoms with E-state index in [4.69, 9.17) is 4.74 Å². The fourth-order valence-electron chi connectivity index (χ4n) is 1.77. The van der Waals surface area contributed by atoms with Crippen molar-refractivity contribution in [3.05, 3.63) is 35.9 Å². The summed E-state index contributed by atoms with van der Waals surface area (Å²) in [7, 11) is 0. The molecule has 0 spiro atoms. The molecule has 3 nitrogen and oxygen atoms in total. The van der Waals surface area contributed by atoms with Crippen LogP contribution < -0.4 is 5.32 Å². The number of carbonyl (C=O) groups is 1. The molecule has 1 fully saturated rings. The van der Waals surface area contributed by atoms with Gasteiger partial charge in [0.05, 0.1) is 0 Å². The number of benzene rings is 1. The van der Waals surface area contributed by atoms with Crippen molar-refractivity contribution in [2.45, 2.75) is 19.1 Å². The van der Waals surface area contributed by atoms with E-state index in [9.17, 15) is 4.79 Å². The first-order chi connectivity index (χ1) is 8.27. The van der Waals surface area contributed by atoms with Crippen molar-refractivity contribution in [3.8, 4) is 0 Å². The summed E-state index contributed by atoms with van der Waals surface area (Å²) < 4.78 is 5.46. The topological polar surface area (TPSA) is 38.3 Å². The van der Waals surface area contributed by atoms with Gasteiger partial charge in [0.1, 0.15) is 12.1 Å². The lowest BCUT2D eigenvalue weighted by atomic mass is 10.1. The lowest BCUT2D eigenvalue weighted by molar-refractivity contribution is -0.150. The molecule has 4 heteroatoms. The van der Waals surface area contributed by atoms with Crippen LogP contribution in [0.4, 0.5) is 0 Å². The van der Waals surface area contributed by atoms with Gasteiger partial charge in [-0.05, 0) is 12.5 Å². The molecule has 1 N–H and O–H groups in total. The molecule has 0 radical (unpaired) electrons. The molecular formula is C13H17NO2S. The highest BCUT2D eigenvalue weighted by atomic mass is 32.2. The summed E-state index contributed by atoms with van der Waals surface area (Å²) in [5, 5.41) is 3.18. The Morgan fingerprint density at radius 2 is 2.24 bits per heavy atom. The van der Waals surface area contributed by atoms with Crippen molar-refractivity contribution in [1.29, 1.82) is 0 Å². The first-order valence-corrected chi connectivity index (χ1v) is 6.99. The second-order valence-corrected chi connectivity index (χ2v) is 5.22. The molecule has 1 saturated heterocycles. The van der Waals surface area contributed by atoms with Crippen LogP contribution in [-0.2, 0) is 9.53 Å². The van der Waals surface area contributed by atoms with E-state index in [1.807, 2.05) is 37.3 Å². The van der Waals surface area contributed by atoms with E-state index in [1.165, 1.54) is 0 Å². The van der Waals surface area contributed by atoms with E-state index in [1.54, 1.807) is 11.8 Å². The highest BCUT2D eigenvalue weighted by Gasteiger charge is 2.24. The zero-order valence-electron chi connectivity index (χ0n) is 9.89. The number of thioether (sulfide) groups is 1. The van der Waals surface area contributed by atoms with Gasteiger partial charge in [-0.15, -0.1) is 0 Å². The van der Waals surface area contributed by atoms with Crippen LogP contribution in [0.25, 0.3) is 0 Å². The van der Waals surface area contributed by atoms with Crippen LogP contribution >= 0.6 is 11.8 Å². The number of hydrogen-bond acceptors (Lipinski definition) is 4. The van der Waals surface area contributed by atoms with Crippen LogP contribution in [0.3, 0.4) is 0 Å². The smallest absolute Gasteiger partial charge is 0.324 e. The molecule has 1 heterocycles. The Bertz CT molecular complexity index is 363. The van der Waals surface area contributed by atoms with Crippen molar-refractivity contribution in [2.75, 3.05) is 18.1 Å². The minimum absolute atomic E-state index is 0.145. The fraction of sp³-hybridized carbons (Fsp3) is 0.462. The van der Waals surface area contributed by atoms with E-state index in [-0.39, 0.29) is 18.1 Å². The Kier molecular flexibility index (Phi) is 4.45. The van der Waals surface area contributed by atoms with Gasteiger partial charge < -0.3 is 10.1 Å². The summed E-state index contributed by atoms with van der Waals surface area (Å²) in [5.41, 5.74) is 1.03. The van der Waals surface area contributed by atoms with Crippen molar-refractivity contribution in [2.24, 2.45) is 0 Å². The van der Waals surface area contributed by atoms with Gasteiger partial charge in [-0.3, -0.25) is 4.79 Å². The summed E-state index contributed by atoms with van der Waals surface area (Å²) in [6, 6.07) is 9.65. The number of hydrogen-bond donors (Lipinski definition) is 1. The maximum absolute atomic E-state index is 11.9.